The van der Waals surface area contributed by atoms with Crippen LogP contribution in [-0.4, -0.2) is 44.1 Å². The summed E-state index contributed by atoms with van der Waals surface area (Å²) in [7, 11) is -1.29. The van der Waals surface area contributed by atoms with Crippen molar-refractivity contribution >= 4 is 24.7 Å². The monoisotopic (exact) mass is 399 g/mol. The first kappa shape index (κ1) is 19.9. The van der Waals surface area contributed by atoms with Crippen molar-refractivity contribution in [3.8, 4) is 0 Å². The van der Waals surface area contributed by atoms with Gasteiger partial charge in [0, 0.05) is 20.1 Å². The van der Waals surface area contributed by atoms with Crippen molar-refractivity contribution in [2.24, 2.45) is 0 Å². The molecule has 0 unspecified atom stereocenters. The summed E-state index contributed by atoms with van der Waals surface area (Å²) in [6, 6.07) is 7.83. The summed E-state index contributed by atoms with van der Waals surface area (Å²) in [5, 5.41) is 3.20. The molecule has 2 heterocycles. The lowest BCUT2D eigenvalue weighted by molar-refractivity contribution is -0.128. The number of halogens is 3. The molecular weight excluding hydrogens is 375 g/mol. The molecule has 5 nitrogen and oxygen atoms in total. The summed E-state index contributed by atoms with van der Waals surface area (Å²) in [5.41, 5.74) is 0.822. The van der Waals surface area contributed by atoms with E-state index in [-0.39, 0.29) is 18.8 Å². The highest BCUT2D eigenvalue weighted by Gasteiger charge is 2.39. The number of ether oxygens (including phenoxy) is 1. The molecule has 27 heavy (non-hydrogen) atoms. The maximum absolute atomic E-state index is 13.2. The van der Waals surface area contributed by atoms with Crippen molar-refractivity contribution in [1.82, 2.24) is 9.99 Å². The number of H-pyrrole nitrogens is 1. The summed E-state index contributed by atoms with van der Waals surface area (Å²) in [5.74, 6) is 0. The van der Waals surface area contributed by atoms with Gasteiger partial charge in [0.25, 0.3) is 5.56 Å². The Labute approximate surface area is 156 Å². The molecule has 0 aliphatic carbocycles. The predicted molar refractivity (Wildman–Crippen MR) is 102 cm³/mol. The van der Waals surface area contributed by atoms with Crippen LogP contribution in [0, 0.1) is 0 Å². The molecule has 148 valence electrons. The van der Waals surface area contributed by atoms with Gasteiger partial charge in [-0.25, -0.2) is 0 Å². The molecule has 1 aliphatic heterocycles. The van der Waals surface area contributed by atoms with Gasteiger partial charge >= 0.3 is 6.18 Å². The number of hydrazine groups is 1. The number of aromatic amines is 1. The second-order valence-corrected chi connectivity index (χ2v) is 13.6. The van der Waals surface area contributed by atoms with Crippen LogP contribution < -0.4 is 10.6 Å². The van der Waals surface area contributed by atoms with Crippen molar-refractivity contribution in [2.75, 3.05) is 24.9 Å². The maximum atomic E-state index is 13.2. The van der Waals surface area contributed by atoms with Crippen LogP contribution in [0.3, 0.4) is 0 Å². The lowest BCUT2D eigenvalue weighted by Crippen LogP contribution is -2.44. The molecule has 9 heteroatoms. The van der Waals surface area contributed by atoms with Gasteiger partial charge in [0.05, 0.1) is 23.3 Å². The fraction of sp³-hybridized carbons (Fsp3) is 0.500. The number of nitrogens with zero attached hydrogens (tertiary/aromatic N) is 2. The smallest absolute Gasteiger partial charge is 0.365 e. The summed E-state index contributed by atoms with van der Waals surface area (Å²) >= 11 is 0. The SMILES string of the molecule is C[Si](C)(C)CCOCN1Cc2c(c3ccccc3[nH]c2=O)N1CC(F)(F)F. The molecule has 0 bridgehead atoms. The van der Waals surface area contributed by atoms with Crippen LogP contribution in [0.15, 0.2) is 29.1 Å². The van der Waals surface area contributed by atoms with E-state index in [4.69, 9.17) is 4.74 Å². The number of anilines is 1. The molecule has 0 saturated carbocycles. The Hall–Kier alpha value is -1.84. The number of alkyl halides is 3. The zero-order valence-corrected chi connectivity index (χ0v) is 16.7. The van der Waals surface area contributed by atoms with Crippen LogP contribution in [0.4, 0.5) is 18.9 Å². The summed E-state index contributed by atoms with van der Waals surface area (Å²) in [6.07, 6.45) is -4.40. The van der Waals surface area contributed by atoms with E-state index in [0.717, 1.165) is 11.1 Å². The van der Waals surface area contributed by atoms with Crippen molar-refractivity contribution in [3.05, 3.63) is 40.2 Å². The third-order valence-electron chi connectivity index (χ3n) is 4.50. The lowest BCUT2D eigenvalue weighted by Gasteiger charge is -2.31. The summed E-state index contributed by atoms with van der Waals surface area (Å²) in [6.45, 7) is 6.09. The van der Waals surface area contributed by atoms with Gasteiger partial charge in [-0.05, 0) is 12.1 Å². The first-order valence-corrected chi connectivity index (χ1v) is 12.6. The topological polar surface area (TPSA) is 48.6 Å². The number of fused-ring (bicyclic) bond motifs is 3. The Morgan fingerprint density at radius 2 is 1.93 bits per heavy atom. The number of aromatic nitrogens is 1. The number of benzene rings is 1. The van der Waals surface area contributed by atoms with Gasteiger partial charge in [-0.3, -0.25) is 9.80 Å². The normalized spacial score (nSPS) is 15.6. The minimum absolute atomic E-state index is 0.0169. The van der Waals surface area contributed by atoms with Gasteiger partial charge in [-0.15, -0.1) is 0 Å². The van der Waals surface area contributed by atoms with Crippen LogP contribution in [0.1, 0.15) is 5.56 Å². The molecule has 3 rings (SSSR count). The molecule has 0 atom stereocenters. The number of pyridine rings is 1. The Morgan fingerprint density at radius 3 is 2.59 bits per heavy atom. The molecule has 0 spiro atoms. The number of hydrogen-bond acceptors (Lipinski definition) is 4. The van der Waals surface area contributed by atoms with E-state index in [1.54, 1.807) is 24.3 Å². The zero-order valence-electron chi connectivity index (χ0n) is 15.7. The van der Waals surface area contributed by atoms with Gasteiger partial charge in [-0.1, -0.05) is 37.8 Å². The molecule has 1 aromatic heterocycles. The van der Waals surface area contributed by atoms with Crippen LogP contribution in [0.5, 0.6) is 0 Å². The molecule has 1 N–H and O–H groups in total. The third-order valence-corrected chi connectivity index (χ3v) is 6.20. The standard InChI is InChI=1S/C18H24F3N3O2Si/c1-27(2,3)9-8-26-12-23-10-14-16(24(23)11-18(19,20)21)13-6-4-5-7-15(13)22-17(14)25/h4-7H,8-12H2,1-3H3,(H,22,25). The van der Waals surface area contributed by atoms with Gasteiger partial charge in [0.15, 0.2) is 0 Å². The highest BCUT2D eigenvalue weighted by Crippen LogP contribution is 2.37. The first-order chi connectivity index (χ1) is 12.6. The van der Waals surface area contributed by atoms with E-state index in [2.05, 4.69) is 24.6 Å². The van der Waals surface area contributed by atoms with Crippen LogP contribution in [0.25, 0.3) is 10.9 Å². The highest BCUT2D eigenvalue weighted by molar-refractivity contribution is 6.76. The van der Waals surface area contributed by atoms with Crippen molar-refractivity contribution in [1.29, 1.82) is 0 Å². The van der Waals surface area contributed by atoms with Crippen molar-refractivity contribution < 1.29 is 17.9 Å². The number of nitrogens with one attached hydrogen (secondary N) is 1. The molecule has 1 aromatic carbocycles. The molecule has 1 aliphatic rings. The molecular formula is C18H24F3N3O2Si. The maximum Gasteiger partial charge on any atom is 0.407 e. The Kier molecular flexibility index (Phi) is 5.37. The lowest BCUT2D eigenvalue weighted by atomic mass is 10.1. The van der Waals surface area contributed by atoms with Crippen molar-refractivity contribution in [2.45, 2.75) is 38.4 Å². The fourth-order valence-corrected chi connectivity index (χ4v) is 3.89. The Bertz CT molecular complexity index is 877. The zero-order chi connectivity index (χ0) is 19.8. The van der Waals surface area contributed by atoms with Gasteiger partial charge in [0.2, 0.25) is 0 Å². The van der Waals surface area contributed by atoms with Gasteiger partial charge in [0.1, 0.15) is 13.3 Å². The van der Waals surface area contributed by atoms with Crippen LogP contribution in [-0.2, 0) is 11.3 Å². The van der Waals surface area contributed by atoms with Crippen molar-refractivity contribution in [3.63, 3.8) is 0 Å². The first-order valence-electron chi connectivity index (χ1n) is 8.86. The Balaban J connectivity index is 1.90. The predicted octanol–water partition coefficient (Wildman–Crippen LogP) is 3.94. The minimum Gasteiger partial charge on any atom is -0.365 e. The second kappa shape index (κ2) is 7.29. The Morgan fingerprint density at radius 1 is 1.22 bits per heavy atom. The fourth-order valence-electron chi connectivity index (χ4n) is 3.13. The molecule has 0 fully saturated rings. The number of hydrogen-bond donors (Lipinski definition) is 1. The molecule has 2 aromatic rings. The number of rotatable bonds is 6. The third kappa shape index (κ3) is 4.71. The quantitative estimate of drug-likeness (QED) is 0.591. The number of para-hydroxylation sites is 1. The van der Waals surface area contributed by atoms with Gasteiger partial charge < -0.3 is 9.72 Å². The minimum atomic E-state index is -4.40. The van der Waals surface area contributed by atoms with E-state index >= 15 is 0 Å². The van der Waals surface area contributed by atoms with E-state index in [0.29, 0.717) is 28.8 Å². The highest BCUT2D eigenvalue weighted by atomic mass is 28.3. The summed E-state index contributed by atoms with van der Waals surface area (Å²) in [4.78, 5) is 15.2. The van der Waals surface area contributed by atoms with Crippen LogP contribution >= 0.6 is 0 Å². The van der Waals surface area contributed by atoms with E-state index in [9.17, 15) is 18.0 Å². The average Bonchev–Trinajstić information content (AvgIpc) is 2.88. The van der Waals surface area contributed by atoms with Gasteiger partial charge in [-0.2, -0.15) is 18.2 Å². The van der Waals surface area contributed by atoms with E-state index in [1.807, 2.05) is 0 Å². The average molecular weight is 399 g/mol. The van der Waals surface area contributed by atoms with E-state index < -0.39 is 20.8 Å². The van der Waals surface area contributed by atoms with E-state index in [1.165, 1.54) is 5.01 Å². The molecule has 0 radical (unpaired) electrons. The summed E-state index contributed by atoms with van der Waals surface area (Å²) < 4.78 is 45.4. The largest absolute Gasteiger partial charge is 0.407 e. The molecule has 0 amide bonds. The molecule has 0 saturated heterocycles. The van der Waals surface area contributed by atoms with Crippen LogP contribution in [0.2, 0.25) is 25.7 Å². The second-order valence-electron chi connectivity index (χ2n) is 8.01.